The highest BCUT2D eigenvalue weighted by molar-refractivity contribution is 6.32. The molecule has 20 rings (SSSR count). The molecule has 0 saturated heterocycles. The first kappa shape index (κ1) is 77.0. The number of aryl methyl sites for hydroxylation is 4. The third kappa shape index (κ3) is 14.8. The fourth-order valence-corrected chi connectivity index (χ4v) is 19.3. The number of benzene rings is 20. The maximum absolute atomic E-state index is 2.54. The van der Waals surface area contributed by atoms with Crippen LogP contribution in [0.25, 0.3) is 121 Å². The standard InChI is InChI=1S/C124H90/c1-83-77-99(119(95-57-33-13-34-58-95)115(87-41-17-5-18-42-87)88-43-19-6-20-44-88)65-69-103(83)111-81-112(104-70-66-100(78-84(104)2)120(96-59-35-14-36-60-96)116(89-45-21-7-22-46-89)90-47-23-8-24-48-90)108-75-76-110-114(106-72-68-102(80-86(106)4)122(98-63-39-16-40-64-98)118(93-53-29-11-30-54-93)94-55-31-12-32-56-94)82-113(109-74-73-107(111)123(108)124(109)110)105-71-67-101(79-85(105)3)121(97-61-37-15-38-62-97)117(91-49-25-9-26-50-91)92-51-27-10-28-52-92/h5-82H,1-4H3. The Labute approximate surface area is 728 Å². The Morgan fingerprint density at radius 3 is 0.371 bits per heavy atom. The fourth-order valence-electron chi connectivity index (χ4n) is 19.3. The van der Waals surface area contributed by atoms with E-state index < -0.39 is 0 Å². The normalized spacial score (nSPS) is 11.2. The van der Waals surface area contributed by atoms with Crippen LogP contribution in [-0.4, -0.2) is 0 Å². The Hall–Kier alpha value is -15.6. The van der Waals surface area contributed by atoms with E-state index >= 15 is 0 Å². The summed E-state index contributed by atoms with van der Waals surface area (Å²) in [4.78, 5) is 0. The second-order valence-corrected chi connectivity index (χ2v) is 32.5. The van der Waals surface area contributed by atoms with Crippen LogP contribution in [0.1, 0.15) is 111 Å². The van der Waals surface area contributed by atoms with Crippen molar-refractivity contribution in [3.63, 3.8) is 0 Å². The van der Waals surface area contributed by atoms with Crippen LogP contribution in [-0.2, 0) is 0 Å². The molecule has 0 heteroatoms. The topological polar surface area (TPSA) is 0 Å². The molecule has 0 aromatic heterocycles. The molecule has 0 atom stereocenters. The van der Waals surface area contributed by atoms with Crippen molar-refractivity contribution in [2.24, 2.45) is 0 Å². The van der Waals surface area contributed by atoms with Crippen molar-refractivity contribution < 1.29 is 0 Å². The number of rotatable bonds is 20. The van der Waals surface area contributed by atoms with E-state index in [2.05, 4.69) is 501 Å². The molecule has 0 aliphatic carbocycles. The van der Waals surface area contributed by atoms with Crippen LogP contribution in [0.2, 0.25) is 0 Å². The lowest BCUT2D eigenvalue weighted by molar-refractivity contribution is 1.42. The van der Waals surface area contributed by atoms with Crippen LogP contribution in [0.15, 0.2) is 473 Å². The van der Waals surface area contributed by atoms with Gasteiger partial charge in [-0.25, -0.2) is 0 Å². The monoisotopic (exact) mass is 1580 g/mol. The molecule has 0 nitrogen and oxygen atoms in total. The minimum atomic E-state index is 1.15. The van der Waals surface area contributed by atoms with Crippen LogP contribution in [0, 0.1) is 27.7 Å². The average Bonchev–Trinajstić information content (AvgIpc) is 0.701. The lowest BCUT2D eigenvalue weighted by Crippen LogP contribution is -2.00. The predicted molar refractivity (Wildman–Crippen MR) is 528 cm³/mol. The van der Waals surface area contributed by atoms with Crippen LogP contribution in [0.3, 0.4) is 0 Å². The van der Waals surface area contributed by atoms with Gasteiger partial charge in [-0.2, -0.15) is 0 Å². The van der Waals surface area contributed by atoms with Crippen molar-refractivity contribution in [1.29, 1.82) is 0 Å². The van der Waals surface area contributed by atoms with Gasteiger partial charge >= 0.3 is 0 Å². The molecular weight excluding hydrogens is 1490 g/mol. The van der Waals surface area contributed by atoms with Gasteiger partial charge in [0.05, 0.1) is 0 Å². The molecule has 0 heterocycles. The molecule has 0 unspecified atom stereocenters. The summed E-state index contributed by atoms with van der Waals surface area (Å²) in [6, 6.07) is 175. The van der Waals surface area contributed by atoms with Gasteiger partial charge in [0.2, 0.25) is 0 Å². The predicted octanol–water partition coefficient (Wildman–Crippen LogP) is 32.5. The summed E-state index contributed by atoms with van der Waals surface area (Å²) < 4.78 is 0. The van der Waals surface area contributed by atoms with Crippen molar-refractivity contribution in [3.05, 3.63) is 584 Å². The van der Waals surface area contributed by atoms with Crippen molar-refractivity contribution in [2.45, 2.75) is 27.7 Å². The molecule has 20 aromatic carbocycles. The van der Waals surface area contributed by atoms with E-state index in [9.17, 15) is 0 Å². The molecular formula is C124H90. The lowest BCUT2D eigenvalue weighted by atomic mass is 9.79. The third-order valence-electron chi connectivity index (χ3n) is 24.9. The van der Waals surface area contributed by atoms with Crippen LogP contribution < -0.4 is 0 Å². The zero-order valence-corrected chi connectivity index (χ0v) is 70.0. The molecule has 0 N–H and O–H groups in total. The highest BCUT2D eigenvalue weighted by Crippen LogP contribution is 2.53. The minimum absolute atomic E-state index is 1.15. The first-order valence-electron chi connectivity index (χ1n) is 43.1. The SMILES string of the molecule is Cc1cc(C(=C(c2ccccc2)c2ccccc2)c2ccccc2)ccc1-c1cc(-c2ccc(C(=C(c3ccccc3)c3ccccc3)c3ccccc3)cc2C)c2ccc3c(-c4ccc(C(=C(c5ccccc5)c5ccccc5)c5ccccc5)cc4C)cc(-c4ccc(C(=C(c5ccccc5)c5ccccc5)c5ccccc5)cc4C)c4ccc1c2c43. The largest absolute Gasteiger partial charge is 0.0622 e. The van der Waals surface area contributed by atoms with Crippen molar-refractivity contribution in [3.8, 4) is 44.5 Å². The van der Waals surface area contributed by atoms with E-state index in [0.29, 0.717) is 0 Å². The smallest absolute Gasteiger partial charge is 0.00139 e. The molecule has 0 bridgehead atoms. The van der Waals surface area contributed by atoms with Gasteiger partial charge in [-0.1, -0.05) is 461 Å². The maximum Gasteiger partial charge on any atom is -0.00139 e. The summed E-state index contributed by atoms with van der Waals surface area (Å²) in [6.45, 7) is 9.32. The molecule has 0 radical (unpaired) electrons. The van der Waals surface area contributed by atoms with Crippen LogP contribution in [0.4, 0.5) is 0 Å². The zero-order chi connectivity index (χ0) is 83.4. The van der Waals surface area contributed by atoms with Gasteiger partial charge in [-0.15, -0.1) is 0 Å². The summed E-state index contributed by atoms with van der Waals surface area (Å²) in [5, 5.41) is 7.25. The zero-order valence-electron chi connectivity index (χ0n) is 70.0. The van der Waals surface area contributed by atoms with E-state index in [1.165, 1.54) is 144 Å². The Balaban J connectivity index is 0.873. The van der Waals surface area contributed by atoms with Gasteiger partial charge in [-0.3, -0.25) is 0 Å². The third-order valence-corrected chi connectivity index (χ3v) is 24.9. The Morgan fingerprint density at radius 2 is 0.242 bits per heavy atom. The summed E-state index contributed by atoms with van der Waals surface area (Å²) in [7, 11) is 0. The summed E-state index contributed by atoms with van der Waals surface area (Å²) in [5.74, 6) is 0. The first-order chi connectivity index (χ1) is 61.2. The molecule has 20 aromatic rings. The molecule has 0 fully saturated rings. The Morgan fingerprint density at radius 1 is 0.113 bits per heavy atom. The second kappa shape index (κ2) is 34.3. The average molecular weight is 1580 g/mol. The van der Waals surface area contributed by atoms with Crippen molar-refractivity contribution >= 4 is 76.9 Å². The number of hydrogen-bond acceptors (Lipinski definition) is 0. The van der Waals surface area contributed by atoms with Crippen molar-refractivity contribution in [2.75, 3.05) is 0 Å². The summed E-state index contributed by atoms with van der Waals surface area (Å²) in [5.41, 5.74) is 42.1. The van der Waals surface area contributed by atoms with E-state index in [1.807, 2.05) is 0 Å². The van der Waals surface area contributed by atoms with Crippen molar-refractivity contribution in [1.82, 2.24) is 0 Å². The summed E-state index contributed by atoms with van der Waals surface area (Å²) >= 11 is 0. The van der Waals surface area contributed by atoms with Gasteiger partial charge in [-0.05, 0) is 273 Å². The van der Waals surface area contributed by atoms with Gasteiger partial charge in [0.15, 0.2) is 0 Å². The maximum atomic E-state index is 2.54. The van der Waals surface area contributed by atoms with Crippen LogP contribution in [0.5, 0.6) is 0 Å². The lowest BCUT2D eigenvalue weighted by Gasteiger charge is -2.24. The van der Waals surface area contributed by atoms with Gasteiger partial charge in [0, 0.05) is 0 Å². The molecule has 586 valence electrons. The highest BCUT2D eigenvalue weighted by atomic mass is 14.3. The minimum Gasteiger partial charge on any atom is -0.0622 e. The molecule has 0 aliphatic rings. The molecule has 0 saturated carbocycles. The molecule has 0 spiro atoms. The van der Waals surface area contributed by atoms with Crippen LogP contribution >= 0.6 is 0 Å². The summed E-state index contributed by atoms with van der Waals surface area (Å²) in [6.07, 6.45) is 0. The van der Waals surface area contributed by atoms with E-state index in [4.69, 9.17) is 0 Å². The Kier molecular flexibility index (Phi) is 21.3. The quantitative estimate of drug-likeness (QED) is 0.0527. The molecule has 124 heavy (non-hydrogen) atoms. The van der Waals surface area contributed by atoms with Gasteiger partial charge in [0.1, 0.15) is 0 Å². The number of hydrogen-bond donors (Lipinski definition) is 0. The highest BCUT2D eigenvalue weighted by Gasteiger charge is 2.28. The second-order valence-electron chi connectivity index (χ2n) is 32.5. The van der Waals surface area contributed by atoms with Gasteiger partial charge < -0.3 is 0 Å². The van der Waals surface area contributed by atoms with E-state index in [1.54, 1.807) is 0 Å². The van der Waals surface area contributed by atoms with Gasteiger partial charge in [0.25, 0.3) is 0 Å². The van der Waals surface area contributed by atoms with E-state index in [0.717, 1.165) is 89.0 Å². The van der Waals surface area contributed by atoms with E-state index in [-0.39, 0.29) is 0 Å². The fraction of sp³-hybridized carbons (Fsp3) is 0.0323. The molecule has 0 aliphatic heterocycles. The Bertz CT molecular complexity index is 6360. The first-order valence-corrected chi connectivity index (χ1v) is 43.1. The molecule has 0 amide bonds.